The number of nitrogens with one attached hydrogen (secondary N) is 1. The minimum Gasteiger partial charge on any atom is -0.384 e. The second kappa shape index (κ2) is 5.91. The molecule has 0 fully saturated rings. The zero-order valence-corrected chi connectivity index (χ0v) is 12.2. The molecule has 1 aromatic heterocycles. The van der Waals surface area contributed by atoms with Crippen LogP contribution >= 0.6 is 11.6 Å². The number of benzene rings is 1. The van der Waals surface area contributed by atoms with Crippen LogP contribution in [-0.4, -0.2) is 21.4 Å². The number of aliphatic hydroxyl groups is 1. The first kappa shape index (κ1) is 15.0. The van der Waals surface area contributed by atoms with Gasteiger partial charge in [0.2, 0.25) is 0 Å². The number of hydrogen-bond acceptors (Lipinski definition) is 3. The molecule has 0 aliphatic carbocycles. The SMILES string of the molecule is Cn1cc(C(C)(O)CNCc2ccc(Cl)c(F)c2)cn1. The van der Waals surface area contributed by atoms with E-state index >= 15 is 0 Å². The van der Waals surface area contributed by atoms with Gasteiger partial charge in [0.1, 0.15) is 11.4 Å². The van der Waals surface area contributed by atoms with Crippen molar-refractivity contribution >= 4 is 11.6 Å². The zero-order valence-electron chi connectivity index (χ0n) is 11.4. The van der Waals surface area contributed by atoms with Crippen LogP contribution in [0.25, 0.3) is 0 Å². The van der Waals surface area contributed by atoms with Crippen LogP contribution in [0.5, 0.6) is 0 Å². The summed E-state index contributed by atoms with van der Waals surface area (Å²) < 4.78 is 14.9. The molecule has 6 heteroatoms. The van der Waals surface area contributed by atoms with E-state index in [-0.39, 0.29) is 5.02 Å². The Hall–Kier alpha value is -1.43. The number of rotatable bonds is 5. The third kappa shape index (κ3) is 3.56. The first-order chi connectivity index (χ1) is 9.38. The highest BCUT2D eigenvalue weighted by Gasteiger charge is 2.24. The second-order valence-corrected chi connectivity index (χ2v) is 5.44. The first-order valence-corrected chi connectivity index (χ1v) is 6.62. The fourth-order valence-electron chi connectivity index (χ4n) is 1.90. The Balaban J connectivity index is 1.93. The summed E-state index contributed by atoms with van der Waals surface area (Å²) in [5.74, 6) is -0.440. The van der Waals surface area contributed by atoms with Crippen LogP contribution < -0.4 is 5.32 Å². The second-order valence-electron chi connectivity index (χ2n) is 5.03. The molecule has 1 atom stereocenters. The lowest BCUT2D eigenvalue weighted by Crippen LogP contribution is -2.34. The van der Waals surface area contributed by atoms with Gasteiger partial charge in [-0.3, -0.25) is 4.68 Å². The predicted molar refractivity (Wildman–Crippen MR) is 75.9 cm³/mol. The van der Waals surface area contributed by atoms with Gasteiger partial charge in [-0.05, 0) is 24.6 Å². The number of aromatic nitrogens is 2. The van der Waals surface area contributed by atoms with Crippen LogP contribution in [0, 0.1) is 5.82 Å². The van der Waals surface area contributed by atoms with E-state index in [0.29, 0.717) is 13.1 Å². The maximum Gasteiger partial charge on any atom is 0.142 e. The van der Waals surface area contributed by atoms with Crippen molar-refractivity contribution in [2.24, 2.45) is 7.05 Å². The molecular weight excluding hydrogens is 281 g/mol. The van der Waals surface area contributed by atoms with Gasteiger partial charge in [0.15, 0.2) is 0 Å². The van der Waals surface area contributed by atoms with E-state index in [0.717, 1.165) is 11.1 Å². The molecule has 4 nitrogen and oxygen atoms in total. The molecule has 1 unspecified atom stereocenters. The molecule has 0 saturated carbocycles. The normalized spacial score (nSPS) is 14.2. The molecule has 0 radical (unpaired) electrons. The van der Waals surface area contributed by atoms with Gasteiger partial charge in [0.25, 0.3) is 0 Å². The van der Waals surface area contributed by atoms with Crippen LogP contribution in [0.2, 0.25) is 5.02 Å². The number of halogens is 2. The summed E-state index contributed by atoms with van der Waals surface area (Å²) in [4.78, 5) is 0. The van der Waals surface area contributed by atoms with Crippen LogP contribution in [0.15, 0.2) is 30.6 Å². The summed E-state index contributed by atoms with van der Waals surface area (Å²) in [6.07, 6.45) is 3.40. The van der Waals surface area contributed by atoms with Crippen molar-refractivity contribution in [2.75, 3.05) is 6.54 Å². The first-order valence-electron chi connectivity index (χ1n) is 6.24. The molecule has 0 bridgehead atoms. The number of nitrogens with zero attached hydrogens (tertiary/aromatic N) is 2. The molecule has 0 saturated heterocycles. The molecule has 1 aromatic carbocycles. The van der Waals surface area contributed by atoms with Crippen molar-refractivity contribution < 1.29 is 9.50 Å². The molecule has 20 heavy (non-hydrogen) atoms. The third-order valence-corrected chi connectivity index (χ3v) is 3.42. The predicted octanol–water partition coefficient (Wildman–Crippen LogP) is 2.21. The maximum absolute atomic E-state index is 13.3. The van der Waals surface area contributed by atoms with Crippen molar-refractivity contribution in [2.45, 2.75) is 19.1 Å². The smallest absolute Gasteiger partial charge is 0.142 e. The molecule has 108 valence electrons. The Morgan fingerprint density at radius 1 is 1.50 bits per heavy atom. The van der Waals surface area contributed by atoms with Crippen molar-refractivity contribution in [3.63, 3.8) is 0 Å². The molecule has 2 N–H and O–H groups in total. The van der Waals surface area contributed by atoms with Gasteiger partial charge in [-0.15, -0.1) is 0 Å². The molecular formula is C14H17ClFN3O. The van der Waals surface area contributed by atoms with Gasteiger partial charge in [0, 0.05) is 31.9 Å². The standard InChI is InChI=1S/C14H17ClFN3O/c1-14(20,11-7-18-19(2)8-11)9-17-6-10-3-4-12(15)13(16)5-10/h3-5,7-8,17,20H,6,9H2,1-2H3. The molecule has 0 aliphatic heterocycles. The Bertz CT molecular complexity index is 598. The maximum atomic E-state index is 13.3. The summed E-state index contributed by atoms with van der Waals surface area (Å²) >= 11 is 5.62. The van der Waals surface area contributed by atoms with E-state index in [2.05, 4.69) is 10.4 Å². The van der Waals surface area contributed by atoms with E-state index in [4.69, 9.17) is 11.6 Å². The van der Waals surface area contributed by atoms with Crippen molar-refractivity contribution in [1.82, 2.24) is 15.1 Å². The van der Waals surface area contributed by atoms with Crippen LogP contribution in [0.4, 0.5) is 4.39 Å². The highest BCUT2D eigenvalue weighted by molar-refractivity contribution is 6.30. The van der Waals surface area contributed by atoms with Gasteiger partial charge in [-0.2, -0.15) is 5.10 Å². The van der Waals surface area contributed by atoms with Crippen LogP contribution in [0.3, 0.4) is 0 Å². The van der Waals surface area contributed by atoms with Crippen molar-refractivity contribution in [1.29, 1.82) is 0 Å². The third-order valence-electron chi connectivity index (χ3n) is 3.11. The average Bonchev–Trinajstić information content (AvgIpc) is 2.81. The summed E-state index contributed by atoms with van der Waals surface area (Å²) in [6, 6.07) is 4.65. The summed E-state index contributed by atoms with van der Waals surface area (Å²) in [5, 5.41) is 17.6. The molecule has 2 rings (SSSR count). The highest BCUT2D eigenvalue weighted by Crippen LogP contribution is 2.19. The molecule has 0 aliphatic rings. The topological polar surface area (TPSA) is 50.1 Å². The monoisotopic (exact) mass is 297 g/mol. The Kier molecular flexibility index (Phi) is 4.42. The fourth-order valence-corrected chi connectivity index (χ4v) is 2.02. The lowest BCUT2D eigenvalue weighted by molar-refractivity contribution is 0.0566. The van der Waals surface area contributed by atoms with Gasteiger partial charge in [-0.1, -0.05) is 17.7 Å². The summed E-state index contributed by atoms with van der Waals surface area (Å²) in [6.45, 7) is 2.49. The quantitative estimate of drug-likeness (QED) is 0.889. The van der Waals surface area contributed by atoms with Gasteiger partial charge in [-0.25, -0.2) is 4.39 Å². The highest BCUT2D eigenvalue weighted by atomic mass is 35.5. The lowest BCUT2D eigenvalue weighted by atomic mass is 9.99. The Labute approximate surface area is 122 Å². The number of hydrogen-bond donors (Lipinski definition) is 2. The minimum absolute atomic E-state index is 0.108. The summed E-state index contributed by atoms with van der Waals surface area (Å²) in [7, 11) is 1.80. The van der Waals surface area contributed by atoms with E-state index in [1.807, 2.05) is 0 Å². The molecule has 1 heterocycles. The minimum atomic E-state index is -1.03. The van der Waals surface area contributed by atoms with Gasteiger partial charge < -0.3 is 10.4 Å². The van der Waals surface area contributed by atoms with Crippen molar-refractivity contribution in [3.05, 3.63) is 52.6 Å². The van der Waals surface area contributed by atoms with E-state index in [9.17, 15) is 9.50 Å². The van der Waals surface area contributed by atoms with E-state index in [1.54, 1.807) is 37.1 Å². The lowest BCUT2D eigenvalue weighted by Gasteiger charge is -2.22. The average molecular weight is 298 g/mol. The summed E-state index contributed by atoms with van der Waals surface area (Å²) in [5.41, 5.74) is 0.475. The zero-order chi connectivity index (χ0) is 14.8. The fraction of sp³-hybridized carbons (Fsp3) is 0.357. The largest absolute Gasteiger partial charge is 0.384 e. The van der Waals surface area contributed by atoms with Gasteiger partial charge in [0.05, 0.1) is 11.2 Å². The number of aryl methyl sites for hydroxylation is 1. The van der Waals surface area contributed by atoms with E-state index in [1.165, 1.54) is 12.1 Å². The van der Waals surface area contributed by atoms with Crippen molar-refractivity contribution in [3.8, 4) is 0 Å². The Morgan fingerprint density at radius 2 is 2.25 bits per heavy atom. The van der Waals surface area contributed by atoms with E-state index < -0.39 is 11.4 Å². The molecule has 0 spiro atoms. The van der Waals surface area contributed by atoms with Gasteiger partial charge >= 0.3 is 0 Å². The van der Waals surface area contributed by atoms with Crippen LogP contribution in [0.1, 0.15) is 18.1 Å². The van der Waals surface area contributed by atoms with Crippen LogP contribution in [-0.2, 0) is 19.2 Å². The molecule has 0 amide bonds. The molecule has 2 aromatic rings. The Morgan fingerprint density at radius 3 is 2.85 bits per heavy atom.